The number of hydrogen-bond donors (Lipinski definition) is 0. The molecule has 0 N–H and O–H groups in total. The van der Waals surface area contributed by atoms with Crippen LogP contribution < -0.4 is 0 Å². The smallest absolute Gasteiger partial charge is 0.178 e. The molecular formula is C20H13Cl2N3. The Balaban J connectivity index is 1.69. The van der Waals surface area contributed by atoms with Gasteiger partial charge in [0.25, 0.3) is 0 Å². The number of para-hydroxylation sites is 1. The van der Waals surface area contributed by atoms with Gasteiger partial charge in [-0.05, 0) is 42.0 Å². The molecule has 0 spiro atoms. The van der Waals surface area contributed by atoms with Crippen molar-refractivity contribution >= 4 is 34.1 Å². The second-order valence-electron chi connectivity index (χ2n) is 5.68. The Morgan fingerprint density at radius 1 is 0.840 bits per heavy atom. The van der Waals surface area contributed by atoms with E-state index in [9.17, 15) is 0 Å². The highest BCUT2D eigenvalue weighted by atomic mass is 35.5. The van der Waals surface area contributed by atoms with Crippen molar-refractivity contribution in [1.29, 1.82) is 0 Å². The molecule has 122 valence electrons. The lowest BCUT2D eigenvalue weighted by atomic mass is 10.1. The molecule has 2 heterocycles. The molecule has 0 saturated heterocycles. The van der Waals surface area contributed by atoms with Crippen LogP contribution >= 0.6 is 23.2 Å². The van der Waals surface area contributed by atoms with Gasteiger partial charge in [-0.3, -0.25) is 0 Å². The molecule has 0 unspecified atom stereocenters. The largest absolute Gasteiger partial charge is 0.249 e. The summed E-state index contributed by atoms with van der Waals surface area (Å²) in [6, 6.07) is 19.2. The molecule has 25 heavy (non-hydrogen) atoms. The zero-order valence-corrected chi connectivity index (χ0v) is 14.7. The van der Waals surface area contributed by atoms with Crippen molar-refractivity contribution in [1.82, 2.24) is 15.0 Å². The third kappa shape index (κ3) is 3.48. The van der Waals surface area contributed by atoms with Gasteiger partial charge in [0.05, 0.1) is 5.52 Å². The number of rotatable bonds is 3. The van der Waals surface area contributed by atoms with Gasteiger partial charge < -0.3 is 0 Å². The van der Waals surface area contributed by atoms with Crippen LogP contribution in [0.2, 0.25) is 10.0 Å². The Bertz CT molecular complexity index is 1060. The van der Waals surface area contributed by atoms with Crippen LogP contribution in [0.3, 0.4) is 0 Å². The van der Waals surface area contributed by atoms with Gasteiger partial charge in [-0.25, -0.2) is 15.0 Å². The minimum Gasteiger partial charge on any atom is -0.249 e. The average molecular weight is 366 g/mol. The summed E-state index contributed by atoms with van der Waals surface area (Å²) in [5.41, 5.74) is 3.47. The average Bonchev–Trinajstić information content (AvgIpc) is 2.64. The molecule has 0 fully saturated rings. The van der Waals surface area contributed by atoms with Gasteiger partial charge in [0.2, 0.25) is 0 Å². The van der Waals surface area contributed by atoms with E-state index in [2.05, 4.69) is 15.0 Å². The second-order valence-corrected chi connectivity index (χ2v) is 6.52. The standard InChI is InChI=1S/C20H13Cl2N3/c21-15-8-9-17(22)14(10-15)11-16-5-3-7-19(24-16)20-23-12-13-4-1-2-6-18(13)25-20/h1-10,12H,11H2. The number of hydrogen-bond acceptors (Lipinski definition) is 3. The fraction of sp³-hybridized carbons (Fsp3) is 0.0500. The van der Waals surface area contributed by atoms with Gasteiger partial charge in [0.15, 0.2) is 5.82 Å². The fourth-order valence-corrected chi connectivity index (χ4v) is 3.05. The van der Waals surface area contributed by atoms with E-state index in [0.29, 0.717) is 22.3 Å². The quantitative estimate of drug-likeness (QED) is 0.474. The van der Waals surface area contributed by atoms with Gasteiger partial charge in [-0.2, -0.15) is 0 Å². The predicted molar refractivity (Wildman–Crippen MR) is 102 cm³/mol. The van der Waals surface area contributed by atoms with Crippen molar-refractivity contribution in [3.05, 3.63) is 88.2 Å². The number of nitrogens with zero attached hydrogens (tertiary/aromatic N) is 3. The van der Waals surface area contributed by atoms with E-state index < -0.39 is 0 Å². The van der Waals surface area contributed by atoms with Gasteiger partial charge in [0, 0.05) is 33.7 Å². The normalized spacial score (nSPS) is 11.0. The number of fused-ring (bicyclic) bond motifs is 1. The summed E-state index contributed by atoms with van der Waals surface area (Å²) < 4.78 is 0. The van der Waals surface area contributed by atoms with Crippen LogP contribution in [0.4, 0.5) is 0 Å². The molecule has 0 radical (unpaired) electrons. The first-order chi connectivity index (χ1) is 12.2. The van der Waals surface area contributed by atoms with Crippen LogP contribution in [0.5, 0.6) is 0 Å². The topological polar surface area (TPSA) is 38.7 Å². The number of pyridine rings is 1. The Kier molecular flexibility index (Phi) is 4.35. The van der Waals surface area contributed by atoms with Crippen molar-refractivity contribution in [2.24, 2.45) is 0 Å². The van der Waals surface area contributed by atoms with Crippen molar-refractivity contribution in [2.75, 3.05) is 0 Å². The SMILES string of the molecule is Clc1ccc(Cl)c(Cc2cccc(-c3ncc4ccccc4n3)n2)c1. The zero-order valence-electron chi connectivity index (χ0n) is 13.2. The second kappa shape index (κ2) is 6.79. The Morgan fingerprint density at radius 2 is 1.72 bits per heavy atom. The molecule has 5 heteroatoms. The first kappa shape index (κ1) is 16.0. The Morgan fingerprint density at radius 3 is 2.64 bits per heavy atom. The highest BCUT2D eigenvalue weighted by molar-refractivity contribution is 6.33. The molecule has 3 nitrogen and oxygen atoms in total. The summed E-state index contributed by atoms with van der Waals surface area (Å²) >= 11 is 12.3. The minimum atomic E-state index is 0.598. The van der Waals surface area contributed by atoms with Crippen molar-refractivity contribution in [3.63, 3.8) is 0 Å². The first-order valence-electron chi connectivity index (χ1n) is 7.81. The fourth-order valence-electron chi connectivity index (χ4n) is 2.67. The van der Waals surface area contributed by atoms with E-state index in [1.807, 2.05) is 54.7 Å². The minimum absolute atomic E-state index is 0.598. The van der Waals surface area contributed by atoms with Crippen molar-refractivity contribution < 1.29 is 0 Å². The van der Waals surface area contributed by atoms with E-state index in [-0.39, 0.29) is 0 Å². The highest BCUT2D eigenvalue weighted by Crippen LogP contribution is 2.24. The van der Waals surface area contributed by atoms with Crippen LogP contribution in [0.25, 0.3) is 22.4 Å². The van der Waals surface area contributed by atoms with E-state index >= 15 is 0 Å². The summed E-state index contributed by atoms with van der Waals surface area (Å²) in [4.78, 5) is 13.7. The number of aromatic nitrogens is 3. The summed E-state index contributed by atoms with van der Waals surface area (Å²) in [7, 11) is 0. The molecule has 2 aromatic carbocycles. The Labute approximate surface area is 155 Å². The lowest BCUT2D eigenvalue weighted by Crippen LogP contribution is -1.97. The third-order valence-electron chi connectivity index (χ3n) is 3.90. The van der Waals surface area contributed by atoms with Gasteiger partial charge in [-0.1, -0.05) is 47.5 Å². The third-order valence-corrected chi connectivity index (χ3v) is 4.51. The zero-order chi connectivity index (χ0) is 17.2. The first-order valence-corrected chi connectivity index (χ1v) is 8.57. The molecule has 4 aromatic rings. The van der Waals surface area contributed by atoms with Gasteiger partial charge in [-0.15, -0.1) is 0 Å². The van der Waals surface area contributed by atoms with Crippen LogP contribution in [-0.2, 0) is 6.42 Å². The predicted octanol–water partition coefficient (Wildman–Crippen LogP) is 5.59. The molecule has 0 saturated carbocycles. The lowest BCUT2D eigenvalue weighted by molar-refractivity contribution is 1.06. The van der Waals surface area contributed by atoms with Crippen LogP contribution in [-0.4, -0.2) is 15.0 Å². The number of benzene rings is 2. The maximum atomic E-state index is 6.26. The Hall–Kier alpha value is -2.49. The molecular weight excluding hydrogens is 353 g/mol. The molecule has 2 aromatic heterocycles. The van der Waals surface area contributed by atoms with Crippen molar-refractivity contribution in [3.8, 4) is 11.5 Å². The van der Waals surface area contributed by atoms with Crippen molar-refractivity contribution in [2.45, 2.75) is 6.42 Å². The van der Waals surface area contributed by atoms with E-state index in [1.165, 1.54) is 0 Å². The number of halogens is 2. The summed E-state index contributed by atoms with van der Waals surface area (Å²) in [6.07, 6.45) is 2.42. The lowest BCUT2D eigenvalue weighted by Gasteiger charge is -2.07. The molecule has 0 aliphatic rings. The van der Waals surface area contributed by atoms with E-state index in [4.69, 9.17) is 23.2 Å². The maximum Gasteiger partial charge on any atom is 0.178 e. The monoisotopic (exact) mass is 365 g/mol. The van der Waals surface area contributed by atoms with Gasteiger partial charge in [0.1, 0.15) is 5.69 Å². The summed E-state index contributed by atoms with van der Waals surface area (Å²) in [5, 5.41) is 2.35. The molecule has 0 aliphatic heterocycles. The molecule has 0 bridgehead atoms. The van der Waals surface area contributed by atoms with Crippen LogP contribution in [0.15, 0.2) is 66.9 Å². The van der Waals surface area contributed by atoms with Crippen LogP contribution in [0, 0.1) is 0 Å². The van der Waals surface area contributed by atoms with E-state index in [1.54, 1.807) is 12.1 Å². The molecule has 0 aliphatic carbocycles. The van der Waals surface area contributed by atoms with Gasteiger partial charge >= 0.3 is 0 Å². The van der Waals surface area contributed by atoms with Crippen LogP contribution in [0.1, 0.15) is 11.3 Å². The molecule has 4 rings (SSSR count). The highest BCUT2D eigenvalue weighted by Gasteiger charge is 2.08. The molecule has 0 atom stereocenters. The molecule has 0 amide bonds. The summed E-state index contributed by atoms with van der Waals surface area (Å²) in [5.74, 6) is 0.609. The summed E-state index contributed by atoms with van der Waals surface area (Å²) in [6.45, 7) is 0. The maximum absolute atomic E-state index is 6.26. The van der Waals surface area contributed by atoms with E-state index in [0.717, 1.165) is 27.9 Å².